The van der Waals surface area contributed by atoms with E-state index in [2.05, 4.69) is 105 Å². The van der Waals surface area contributed by atoms with Crippen molar-refractivity contribution in [3.63, 3.8) is 0 Å². The van der Waals surface area contributed by atoms with Gasteiger partial charge in [-0.05, 0) is 90.4 Å². The minimum Gasteiger partial charge on any atom is -0.462 e. The van der Waals surface area contributed by atoms with Gasteiger partial charge in [-0.1, -0.05) is 117 Å². The number of rotatable bonds is 32. The largest absolute Gasteiger partial charge is 0.472 e. The van der Waals surface area contributed by atoms with Crippen LogP contribution >= 0.6 is 7.82 Å². The van der Waals surface area contributed by atoms with Crippen LogP contribution in [0.2, 0.25) is 0 Å². The number of esters is 2. The van der Waals surface area contributed by atoms with Crippen molar-refractivity contribution in [2.75, 3.05) is 19.8 Å². The minimum absolute atomic E-state index is 0.0210. The highest BCUT2D eigenvalue weighted by Crippen LogP contribution is 2.43. The van der Waals surface area contributed by atoms with Crippen LogP contribution in [-0.2, 0) is 32.7 Å². The van der Waals surface area contributed by atoms with Gasteiger partial charge in [0.25, 0.3) is 0 Å². The van der Waals surface area contributed by atoms with Gasteiger partial charge in [0.2, 0.25) is 0 Å². The first-order valence-corrected chi connectivity index (χ1v) is 20.0. The maximum atomic E-state index is 12.5. The number of unbranched alkanes of at least 4 members (excludes halogenated alkanes) is 4. The SMILES string of the molecule is CC/C=C\C/C=C\C/C=C\C/C=C\C/C=C\CCCC(=O)OC(COC(=O)CCCCC/C=C\C/C=C\C/C=C\CC)COP(=O)(O)OCC. The summed E-state index contributed by atoms with van der Waals surface area (Å²) in [7, 11) is -4.30. The Morgan fingerprint density at radius 2 is 0.980 bits per heavy atom. The van der Waals surface area contributed by atoms with Crippen LogP contribution in [0.1, 0.15) is 124 Å². The van der Waals surface area contributed by atoms with Crippen LogP contribution in [0.15, 0.2) is 97.2 Å². The van der Waals surface area contributed by atoms with Crippen LogP contribution in [0.5, 0.6) is 0 Å². The second kappa shape index (κ2) is 35.8. The molecule has 282 valence electrons. The average molecular weight is 717 g/mol. The van der Waals surface area contributed by atoms with Crippen molar-refractivity contribution in [1.29, 1.82) is 0 Å². The van der Waals surface area contributed by atoms with E-state index in [-0.39, 0.29) is 26.1 Å². The summed E-state index contributed by atoms with van der Waals surface area (Å²) in [5, 5.41) is 0. The van der Waals surface area contributed by atoms with Crippen LogP contribution in [0, 0.1) is 0 Å². The van der Waals surface area contributed by atoms with E-state index in [1.807, 2.05) is 6.08 Å². The second-order valence-electron chi connectivity index (χ2n) is 11.5. The standard InChI is InChI=1S/C41H65O8P/c1-4-7-9-11-13-15-17-19-20-21-22-24-26-28-30-32-34-36-41(43)49-39(38-48-50(44,45)47-6-3)37-46-40(42)35-33-31-29-27-25-23-18-16-14-12-10-8-5-2/h7-10,13-16,19-20,22-25,28,30,39H,4-6,11-12,17-18,21,26-27,29,31-38H2,1-3H3,(H,44,45)/b9-7-,10-8-,15-13-,16-14-,20-19-,24-22-,25-23-,30-28-. The molecule has 2 unspecified atom stereocenters. The van der Waals surface area contributed by atoms with Crippen molar-refractivity contribution in [2.24, 2.45) is 0 Å². The number of hydrogen-bond acceptors (Lipinski definition) is 7. The van der Waals surface area contributed by atoms with E-state index < -0.39 is 32.5 Å². The lowest BCUT2D eigenvalue weighted by atomic mass is 10.1. The van der Waals surface area contributed by atoms with Crippen LogP contribution in [0.3, 0.4) is 0 Å². The molecule has 0 aromatic heterocycles. The van der Waals surface area contributed by atoms with Crippen LogP contribution in [-0.4, -0.2) is 42.8 Å². The van der Waals surface area contributed by atoms with Crippen molar-refractivity contribution in [3.8, 4) is 0 Å². The fourth-order valence-electron chi connectivity index (χ4n) is 4.26. The predicted octanol–water partition coefficient (Wildman–Crippen LogP) is 11.3. The second-order valence-corrected chi connectivity index (χ2v) is 12.9. The number of phosphoric acid groups is 1. The molecular formula is C41H65O8P. The normalized spacial score (nSPS) is 14.6. The van der Waals surface area contributed by atoms with E-state index in [9.17, 15) is 19.0 Å². The Kier molecular flexibility index (Phi) is 33.6. The molecule has 0 saturated carbocycles. The molecule has 0 spiro atoms. The smallest absolute Gasteiger partial charge is 0.462 e. The summed E-state index contributed by atoms with van der Waals surface area (Å²) < 4.78 is 32.4. The first kappa shape index (κ1) is 47.0. The highest BCUT2D eigenvalue weighted by molar-refractivity contribution is 7.47. The zero-order chi connectivity index (χ0) is 36.8. The fraction of sp³-hybridized carbons (Fsp3) is 0.561. The van der Waals surface area contributed by atoms with Crippen molar-refractivity contribution < 1.29 is 37.6 Å². The maximum absolute atomic E-state index is 12.5. The molecule has 0 rings (SSSR count). The Balaban J connectivity index is 4.35. The van der Waals surface area contributed by atoms with E-state index in [0.717, 1.165) is 70.6 Å². The molecule has 0 aliphatic rings. The molecule has 0 saturated heterocycles. The molecule has 0 fully saturated rings. The first-order valence-electron chi connectivity index (χ1n) is 18.5. The predicted molar refractivity (Wildman–Crippen MR) is 207 cm³/mol. The Morgan fingerprint density at radius 3 is 1.46 bits per heavy atom. The highest BCUT2D eigenvalue weighted by atomic mass is 31.2. The summed E-state index contributed by atoms with van der Waals surface area (Å²) in [4.78, 5) is 34.5. The molecule has 8 nitrogen and oxygen atoms in total. The Bertz CT molecular complexity index is 1130. The molecular weight excluding hydrogens is 651 g/mol. The Hall–Kier alpha value is -3.03. The van der Waals surface area contributed by atoms with Crippen LogP contribution in [0.4, 0.5) is 0 Å². The van der Waals surface area contributed by atoms with E-state index in [1.165, 1.54) is 0 Å². The molecule has 0 aromatic carbocycles. The number of ether oxygens (including phenoxy) is 2. The van der Waals surface area contributed by atoms with Gasteiger partial charge in [0.15, 0.2) is 6.10 Å². The summed E-state index contributed by atoms with van der Waals surface area (Å²) in [6, 6.07) is 0. The monoisotopic (exact) mass is 716 g/mol. The van der Waals surface area contributed by atoms with Gasteiger partial charge in [-0.25, -0.2) is 4.57 Å². The topological polar surface area (TPSA) is 108 Å². The summed E-state index contributed by atoms with van der Waals surface area (Å²) in [6.07, 6.45) is 46.2. The molecule has 0 aromatic rings. The molecule has 0 aliphatic heterocycles. The molecule has 0 aliphatic carbocycles. The summed E-state index contributed by atoms with van der Waals surface area (Å²) in [5.74, 6) is -0.915. The van der Waals surface area contributed by atoms with Gasteiger partial charge in [0.1, 0.15) is 6.61 Å². The number of phosphoric ester groups is 1. The third-order valence-corrected chi connectivity index (χ3v) is 7.95. The minimum atomic E-state index is -4.30. The quantitative estimate of drug-likeness (QED) is 0.0317. The third-order valence-electron chi connectivity index (χ3n) is 6.89. The van der Waals surface area contributed by atoms with Gasteiger partial charge < -0.3 is 14.4 Å². The number of carbonyl (C=O) groups is 2. The van der Waals surface area contributed by atoms with Gasteiger partial charge in [-0.15, -0.1) is 0 Å². The van der Waals surface area contributed by atoms with Crippen molar-refractivity contribution in [1.82, 2.24) is 0 Å². The van der Waals surface area contributed by atoms with E-state index >= 15 is 0 Å². The summed E-state index contributed by atoms with van der Waals surface area (Å²) >= 11 is 0. The average Bonchev–Trinajstić information content (AvgIpc) is 3.09. The number of hydrogen-bond donors (Lipinski definition) is 1. The van der Waals surface area contributed by atoms with Gasteiger partial charge in [0.05, 0.1) is 13.2 Å². The van der Waals surface area contributed by atoms with Crippen molar-refractivity contribution in [2.45, 2.75) is 130 Å². The van der Waals surface area contributed by atoms with Gasteiger partial charge in [-0.2, -0.15) is 0 Å². The van der Waals surface area contributed by atoms with Crippen molar-refractivity contribution >= 4 is 19.8 Å². The van der Waals surface area contributed by atoms with Crippen molar-refractivity contribution in [3.05, 3.63) is 97.2 Å². The van der Waals surface area contributed by atoms with E-state index in [1.54, 1.807) is 6.92 Å². The zero-order valence-electron chi connectivity index (χ0n) is 31.0. The Morgan fingerprint density at radius 1 is 0.540 bits per heavy atom. The zero-order valence-corrected chi connectivity index (χ0v) is 31.9. The maximum Gasteiger partial charge on any atom is 0.472 e. The van der Waals surface area contributed by atoms with Crippen LogP contribution in [0.25, 0.3) is 0 Å². The van der Waals surface area contributed by atoms with Crippen LogP contribution < -0.4 is 0 Å². The van der Waals surface area contributed by atoms with Gasteiger partial charge >= 0.3 is 19.8 Å². The molecule has 0 bridgehead atoms. The lowest BCUT2D eigenvalue weighted by Gasteiger charge is -2.19. The van der Waals surface area contributed by atoms with Gasteiger partial charge in [0, 0.05) is 12.8 Å². The lowest BCUT2D eigenvalue weighted by Crippen LogP contribution is -2.29. The Labute approximate surface area is 303 Å². The highest BCUT2D eigenvalue weighted by Gasteiger charge is 2.25. The molecule has 9 heteroatoms. The van der Waals surface area contributed by atoms with E-state index in [0.29, 0.717) is 19.3 Å². The molecule has 1 N–H and O–H groups in total. The number of allylic oxidation sites excluding steroid dienone is 16. The first-order chi connectivity index (χ1) is 24.3. The molecule has 50 heavy (non-hydrogen) atoms. The third kappa shape index (κ3) is 34.8. The fourth-order valence-corrected chi connectivity index (χ4v) is 5.02. The summed E-state index contributed by atoms with van der Waals surface area (Å²) in [5.41, 5.74) is 0. The molecule has 0 heterocycles. The summed E-state index contributed by atoms with van der Waals surface area (Å²) in [6.45, 7) is 5.10. The lowest BCUT2D eigenvalue weighted by molar-refractivity contribution is -0.161. The number of carbonyl (C=O) groups excluding carboxylic acids is 2. The molecule has 0 amide bonds. The molecule has 2 atom stereocenters. The molecule has 0 radical (unpaired) electrons. The van der Waals surface area contributed by atoms with E-state index in [4.69, 9.17) is 18.5 Å². The van der Waals surface area contributed by atoms with Gasteiger partial charge in [-0.3, -0.25) is 18.6 Å².